The molecule has 0 heterocycles. The molecule has 0 spiro atoms. The maximum atomic E-state index is 9.20. The molecule has 0 radical (unpaired) electrons. The molecule has 0 amide bonds. The number of hydrogen-bond donors (Lipinski definition) is 1. The van der Waals surface area contributed by atoms with Crippen LogP contribution in [0.5, 0.6) is 11.5 Å². The van der Waals surface area contributed by atoms with E-state index in [1.807, 2.05) is 36.4 Å². The van der Waals surface area contributed by atoms with Crippen LogP contribution in [0.4, 0.5) is 0 Å². The summed E-state index contributed by atoms with van der Waals surface area (Å²) in [6.45, 7) is 2.55. The van der Waals surface area contributed by atoms with Crippen LogP contribution < -0.4 is 9.47 Å². The predicted molar refractivity (Wildman–Crippen MR) is 79.1 cm³/mol. The first-order chi connectivity index (χ1) is 9.76. The third kappa shape index (κ3) is 3.52. The monoisotopic (exact) mass is 272 g/mol. The second-order valence-corrected chi connectivity index (χ2v) is 4.59. The van der Waals surface area contributed by atoms with Gasteiger partial charge in [0.1, 0.15) is 18.1 Å². The quantitative estimate of drug-likeness (QED) is 0.876. The second-order valence-electron chi connectivity index (χ2n) is 4.59. The second kappa shape index (κ2) is 6.96. The highest BCUT2D eigenvalue weighted by molar-refractivity contribution is 5.37. The van der Waals surface area contributed by atoms with Crippen molar-refractivity contribution in [3.8, 4) is 11.5 Å². The topological polar surface area (TPSA) is 38.7 Å². The van der Waals surface area contributed by atoms with Gasteiger partial charge in [-0.2, -0.15) is 0 Å². The lowest BCUT2D eigenvalue weighted by Crippen LogP contribution is -2.00. The van der Waals surface area contributed by atoms with E-state index in [0.29, 0.717) is 6.61 Å². The Morgan fingerprint density at radius 2 is 1.90 bits per heavy atom. The first kappa shape index (κ1) is 14.4. The molecule has 0 saturated heterocycles. The van der Waals surface area contributed by atoms with Crippen LogP contribution in [-0.2, 0) is 19.6 Å². The number of methoxy groups -OCH3 is 1. The number of hydrogen-bond acceptors (Lipinski definition) is 3. The predicted octanol–water partition coefficient (Wildman–Crippen LogP) is 3.33. The summed E-state index contributed by atoms with van der Waals surface area (Å²) >= 11 is 0. The van der Waals surface area contributed by atoms with Gasteiger partial charge in [-0.25, -0.2) is 0 Å². The fourth-order valence-corrected chi connectivity index (χ4v) is 2.06. The highest BCUT2D eigenvalue weighted by Crippen LogP contribution is 2.22. The van der Waals surface area contributed by atoms with Gasteiger partial charge in [-0.1, -0.05) is 25.1 Å². The average Bonchev–Trinajstić information content (AvgIpc) is 2.52. The molecule has 0 aromatic heterocycles. The summed E-state index contributed by atoms with van der Waals surface area (Å²) in [5.41, 5.74) is 3.03. The average molecular weight is 272 g/mol. The van der Waals surface area contributed by atoms with Crippen LogP contribution in [0, 0.1) is 0 Å². The zero-order chi connectivity index (χ0) is 14.4. The SMILES string of the molecule is CCc1cccc(OCc2cc(CO)ccc2OC)c1. The molecule has 106 valence electrons. The van der Waals surface area contributed by atoms with Crippen LogP contribution in [0.15, 0.2) is 42.5 Å². The van der Waals surface area contributed by atoms with E-state index < -0.39 is 0 Å². The fourth-order valence-electron chi connectivity index (χ4n) is 2.06. The van der Waals surface area contributed by atoms with Gasteiger partial charge in [-0.15, -0.1) is 0 Å². The molecule has 2 aromatic rings. The maximum Gasteiger partial charge on any atom is 0.125 e. The molecule has 0 fully saturated rings. The number of rotatable bonds is 6. The Balaban J connectivity index is 2.12. The van der Waals surface area contributed by atoms with Crippen LogP contribution in [-0.4, -0.2) is 12.2 Å². The van der Waals surface area contributed by atoms with E-state index in [0.717, 1.165) is 29.0 Å². The summed E-state index contributed by atoms with van der Waals surface area (Å²) in [6, 6.07) is 13.7. The van der Waals surface area contributed by atoms with Crippen molar-refractivity contribution in [2.45, 2.75) is 26.6 Å². The molecule has 0 unspecified atom stereocenters. The molecule has 0 saturated carbocycles. The van der Waals surface area contributed by atoms with Gasteiger partial charge in [0.05, 0.1) is 13.7 Å². The van der Waals surface area contributed by atoms with Crippen molar-refractivity contribution in [1.29, 1.82) is 0 Å². The van der Waals surface area contributed by atoms with Crippen LogP contribution in [0.3, 0.4) is 0 Å². The molecule has 0 aliphatic heterocycles. The minimum Gasteiger partial charge on any atom is -0.496 e. The summed E-state index contributed by atoms with van der Waals surface area (Å²) in [5.74, 6) is 1.62. The Morgan fingerprint density at radius 1 is 1.05 bits per heavy atom. The molecule has 20 heavy (non-hydrogen) atoms. The number of aliphatic hydroxyl groups is 1. The standard InChI is InChI=1S/C17H20O3/c1-3-13-5-4-6-16(10-13)20-12-15-9-14(11-18)7-8-17(15)19-2/h4-10,18H,3,11-12H2,1-2H3. The molecule has 0 atom stereocenters. The van der Waals surface area contributed by atoms with Crippen LogP contribution in [0.1, 0.15) is 23.6 Å². The molecule has 1 N–H and O–H groups in total. The van der Waals surface area contributed by atoms with Crippen molar-refractivity contribution in [1.82, 2.24) is 0 Å². The number of ether oxygens (including phenoxy) is 2. The van der Waals surface area contributed by atoms with Gasteiger partial charge in [0.25, 0.3) is 0 Å². The van der Waals surface area contributed by atoms with Gasteiger partial charge in [-0.05, 0) is 41.8 Å². The molecule has 0 bridgehead atoms. The minimum absolute atomic E-state index is 0.0162. The van der Waals surface area contributed by atoms with Crippen molar-refractivity contribution in [2.24, 2.45) is 0 Å². The molecule has 2 aromatic carbocycles. The highest BCUT2D eigenvalue weighted by atomic mass is 16.5. The highest BCUT2D eigenvalue weighted by Gasteiger charge is 2.05. The van der Waals surface area contributed by atoms with E-state index in [-0.39, 0.29) is 6.61 Å². The summed E-state index contributed by atoms with van der Waals surface area (Å²) in [4.78, 5) is 0. The van der Waals surface area contributed by atoms with Crippen LogP contribution >= 0.6 is 0 Å². The maximum absolute atomic E-state index is 9.20. The van der Waals surface area contributed by atoms with Gasteiger partial charge >= 0.3 is 0 Å². The van der Waals surface area contributed by atoms with Gasteiger partial charge in [0.2, 0.25) is 0 Å². The van der Waals surface area contributed by atoms with E-state index in [1.165, 1.54) is 5.56 Å². The lowest BCUT2D eigenvalue weighted by Gasteiger charge is -2.12. The van der Waals surface area contributed by atoms with E-state index in [9.17, 15) is 5.11 Å². The third-order valence-corrected chi connectivity index (χ3v) is 3.23. The number of aryl methyl sites for hydroxylation is 1. The Hall–Kier alpha value is -2.00. The Labute approximate surface area is 119 Å². The van der Waals surface area contributed by atoms with E-state index >= 15 is 0 Å². The van der Waals surface area contributed by atoms with Crippen molar-refractivity contribution in [2.75, 3.05) is 7.11 Å². The first-order valence-electron chi connectivity index (χ1n) is 6.75. The molecular formula is C17H20O3. The van der Waals surface area contributed by atoms with Crippen molar-refractivity contribution >= 4 is 0 Å². The Kier molecular flexibility index (Phi) is 5.02. The zero-order valence-electron chi connectivity index (χ0n) is 11.9. The molecular weight excluding hydrogens is 252 g/mol. The van der Waals surface area contributed by atoms with Crippen molar-refractivity contribution in [3.05, 3.63) is 59.2 Å². The minimum atomic E-state index is 0.0162. The summed E-state index contributed by atoms with van der Waals surface area (Å²) < 4.78 is 11.1. The van der Waals surface area contributed by atoms with Crippen molar-refractivity contribution in [3.63, 3.8) is 0 Å². The van der Waals surface area contributed by atoms with E-state index in [4.69, 9.17) is 9.47 Å². The van der Waals surface area contributed by atoms with Gasteiger partial charge in [-0.3, -0.25) is 0 Å². The van der Waals surface area contributed by atoms with E-state index in [2.05, 4.69) is 13.0 Å². The van der Waals surface area contributed by atoms with Gasteiger partial charge in [0.15, 0.2) is 0 Å². The van der Waals surface area contributed by atoms with E-state index in [1.54, 1.807) is 7.11 Å². The fraction of sp³-hybridized carbons (Fsp3) is 0.294. The lowest BCUT2D eigenvalue weighted by molar-refractivity contribution is 0.278. The largest absolute Gasteiger partial charge is 0.496 e. The number of benzene rings is 2. The zero-order valence-corrected chi connectivity index (χ0v) is 11.9. The molecule has 0 aliphatic carbocycles. The van der Waals surface area contributed by atoms with Gasteiger partial charge < -0.3 is 14.6 Å². The van der Waals surface area contributed by atoms with Gasteiger partial charge in [0, 0.05) is 5.56 Å². The third-order valence-electron chi connectivity index (χ3n) is 3.23. The molecule has 0 aliphatic rings. The molecule has 3 nitrogen and oxygen atoms in total. The summed E-state index contributed by atoms with van der Waals surface area (Å²) in [7, 11) is 1.63. The number of aliphatic hydroxyl groups excluding tert-OH is 1. The summed E-state index contributed by atoms with van der Waals surface area (Å²) in [6.07, 6.45) is 0.987. The normalized spacial score (nSPS) is 10.3. The Morgan fingerprint density at radius 3 is 2.60 bits per heavy atom. The molecule has 2 rings (SSSR count). The Bertz CT molecular complexity index is 564. The van der Waals surface area contributed by atoms with Crippen LogP contribution in [0.2, 0.25) is 0 Å². The smallest absolute Gasteiger partial charge is 0.125 e. The lowest BCUT2D eigenvalue weighted by atomic mass is 10.1. The summed E-state index contributed by atoms with van der Waals surface area (Å²) in [5, 5.41) is 9.20. The van der Waals surface area contributed by atoms with Crippen LogP contribution in [0.25, 0.3) is 0 Å². The first-order valence-corrected chi connectivity index (χ1v) is 6.75. The van der Waals surface area contributed by atoms with Crippen molar-refractivity contribution < 1.29 is 14.6 Å². The molecule has 3 heteroatoms.